The van der Waals surface area contributed by atoms with Crippen molar-refractivity contribution in [2.75, 3.05) is 19.8 Å². The summed E-state index contributed by atoms with van der Waals surface area (Å²) in [7, 11) is 0. The first-order valence-corrected chi connectivity index (χ1v) is 5.33. The molecular formula is C11H20O3. The van der Waals surface area contributed by atoms with Gasteiger partial charge in [-0.15, -0.1) is 0 Å². The molecule has 3 nitrogen and oxygen atoms in total. The van der Waals surface area contributed by atoms with Crippen LogP contribution in [-0.2, 0) is 14.3 Å². The predicted molar refractivity (Wildman–Crippen MR) is 54.2 cm³/mol. The monoisotopic (exact) mass is 200 g/mol. The molecule has 0 saturated carbocycles. The van der Waals surface area contributed by atoms with Crippen molar-refractivity contribution in [3.63, 3.8) is 0 Å². The molecule has 0 aliphatic carbocycles. The number of carbonyl (C=O) groups excluding carboxylic acids is 1. The molecule has 0 aromatic carbocycles. The van der Waals surface area contributed by atoms with Gasteiger partial charge in [0.2, 0.25) is 0 Å². The fourth-order valence-corrected chi connectivity index (χ4v) is 1.31. The number of hydrogen-bond acceptors (Lipinski definition) is 3. The lowest BCUT2D eigenvalue weighted by molar-refractivity contribution is -0.130. The number of Topliss-reactive ketones (excluding diaryl/α,β-unsaturated/α-hetero) is 1. The first-order chi connectivity index (χ1) is 6.61. The van der Waals surface area contributed by atoms with Gasteiger partial charge < -0.3 is 9.47 Å². The predicted octanol–water partition coefficient (Wildman–Crippen LogP) is 1.65. The summed E-state index contributed by atoms with van der Waals surface area (Å²) in [5, 5.41) is 0. The van der Waals surface area contributed by atoms with Crippen molar-refractivity contribution in [1.82, 2.24) is 0 Å². The summed E-state index contributed by atoms with van der Waals surface area (Å²) in [5.74, 6) is 0.729. The van der Waals surface area contributed by atoms with Crippen LogP contribution in [0.3, 0.4) is 0 Å². The van der Waals surface area contributed by atoms with Gasteiger partial charge in [-0.1, -0.05) is 13.8 Å². The Morgan fingerprint density at radius 1 is 1.50 bits per heavy atom. The summed E-state index contributed by atoms with van der Waals surface area (Å²) in [6.07, 6.45) is 1.01. The molecule has 1 heterocycles. The SMILES string of the molecule is CC(C)C(C)OCC(=O)C1CCOC1. The quantitative estimate of drug-likeness (QED) is 0.677. The van der Waals surface area contributed by atoms with Crippen LogP contribution in [0.4, 0.5) is 0 Å². The molecule has 0 aromatic heterocycles. The Labute approximate surface area is 85.8 Å². The third-order valence-corrected chi connectivity index (χ3v) is 2.81. The molecule has 1 aliphatic heterocycles. The van der Waals surface area contributed by atoms with Gasteiger partial charge in [0.15, 0.2) is 5.78 Å². The third kappa shape index (κ3) is 3.39. The molecule has 14 heavy (non-hydrogen) atoms. The second-order valence-electron chi connectivity index (χ2n) is 4.29. The number of carbonyl (C=O) groups is 1. The van der Waals surface area contributed by atoms with Crippen molar-refractivity contribution in [1.29, 1.82) is 0 Å². The molecule has 1 saturated heterocycles. The highest BCUT2D eigenvalue weighted by atomic mass is 16.5. The molecule has 1 rings (SSSR count). The van der Waals surface area contributed by atoms with E-state index in [0.717, 1.165) is 13.0 Å². The number of ketones is 1. The Morgan fingerprint density at radius 2 is 2.21 bits per heavy atom. The fraction of sp³-hybridized carbons (Fsp3) is 0.909. The Balaban J connectivity index is 2.20. The first-order valence-electron chi connectivity index (χ1n) is 5.33. The van der Waals surface area contributed by atoms with Gasteiger partial charge in [-0.2, -0.15) is 0 Å². The summed E-state index contributed by atoms with van der Waals surface area (Å²) in [5.41, 5.74) is 0. The van der Waals surface area contributed by atoms with Gasteiger partial charge in [-0.3, -0.25) is 4.79 Å². The van der Waals surface area contributed by atoms with Gasteiger partial charge in [0.25, 0.3) is 0 Å². The van der Waals surface area contributed by atoms with Crippen molar-refractivity contribution in [3.05, 3.63) is 0 Å². The van der Waals surface area contributed by atoms with Crippen molar-refractivity contribution in [2.24, 2.45) is 11.8 Å². The zero-order chi connectivity index (χ0) is 10.6. The lowest BCUT2D eigenvalue weighted by atomic mass is 10.0. The minimum Gasteiger partial charge on any atom is -0.381 e. The first kappa shape index (κ1) is 11.7. The van der Waals surface area contributed by atoms with Crippen LogP contribution in [0.5, 0.6) is 0 Å². The lowest BCUT2D eigenvalue weighted by Crippen LogP contribution is -2.25. The molecule has 0 spiro atoms. The highest BCUT2D eigenvalue weighted by molar-refractivity contribution is 5.82. The van der Waals surface area contributed by atoms with Crippen molar-refractivity contribution in [2.45, 2.75) is 33.3 Å². The maximum absolute atomic E-state index is 11.6. The molecule has 0 amide bonds. The average Bonchev–Trinajstić information content (AvgIpc) is 2.66. The molecule has 2 atom stereocenters. The van der Waals surface area contributed by atoms with Gasteiger partial charge >= 0.3 is 0 Å². The number of hydrogen-bond donors (Lipinski definition) is 0. The zero-order valence-electron chi connectivity index (χ0n) is 9.29. The van der Waals surface area contributed by atoms with Crippen LogP contribution in [0.15, 0.2) is 0 Å². The Morgan fingerprint density at radius 3 is 2.71 bits per heavy atom. The third-order valence-electron chi connectivity index (χ3n) is 2.81. The van der Waals surface area contributed by atoms with E-state index in [1.54, 1.807) is 0 Å². The summed E-state index contributed by atoms with van der Waals surface area (Å²) in [6, 6.07) is 0. The van der Waals surface area contributed by atoms with Gasteiger partial charge in [0, 0.05) is 12.5 Å². The highest BCUT2D eigenvalue weighted by Crippen LogP contribution is 2.14. The van der Waals surface area contributed by atoms with Crippen LogP contribution in [0.1, 0.15) is 27.2 Å². The van der Waals surface area contributed by atoms with Crippen LogP contribution in [0.25, 0.3) is 0 Å². The van der Waals surface area contributed by atoms with E-state index in [4.69, 9.17) is 9.47 Å². The second kappa shape index (κ2) is 5.47. The van der Waals surface area contributed by atoms with E-state index in [1.807, 2.05) is 6.92 Å². The summed E-state index contributed by atoms with van der Waals surface area (Å²) >= 11 is 0. The lowest BCUT2D eigenvalue weighted by Gasteiger charge is -2.16. The molecule has 0 radical (unpaired) electrons. The van der Waals surface area contributed by atoms with Crippen LogP contribution >= 0.6 is 0 Å². The van der Waals surface area contributed by atoms with E-state index in [9.17, 15) is 4.79 Å². The van der Waals surface area contributed by atoms with Crippen LogP contribution in [0.2, 0.25) is 0 Å². The molecule has 1 aliphatic rings. The van der Waals surface area contributed by atoms with Crippen LogP contribution in [-0.4, -0.2) is 31.7 Å². The van der Waals surface area contributed by atoms with Gasteiger partial charge in [-0.05, 0) is 19.3 Å². The number of ether oxygens (including phenoxy) is 2. The van der Waals surface area contributed by atoms with Gasteiger partial charge in [0.1, 0.15) is 6.61 Å². The molecule has 82 valence electrons. The van der Waals surface area contributed by atoms with E-state index < -0.39 is 0 Å². The summed E-state index contributed by atoms with van der Waals surface area (Å²) in [4.78, 5) is 11.6. The van der Waals surface area contributed by atoms with Gasteiger partial charge in [-0.25, -0.2) is 0 Å². The molecular weight excluding hydrogens is 180 g/mol. The Hall–Kier alpha value is -0.410. The van der Waals surface area contributed by atoms with Gasteiger partial charge in [0.05, 0.1) is 12.7 Å². The highest BCUT2D eigenvalue weighted by Gasteiger charge is 2.24. The Kier molecular flexibility index (Phi) is 4.55. The van der Waals surface area contributed by atoms with E-state index in [0.29, 0.717) is 12.5 Å². The van der Waals surface area contributed by atoms with E-state index in [1.165, 1.54) is 0 Å². The topological polar surface area (TPSA) is 35.5 Å². The summed E-state index contributed by atoms with van der Waals surface area (Å²) in [6.45, 7) is 7.73. The molecule has 0 bridgehead atoms. The second-order valence-corrected chi connectivity index (χ2v) is 4.29. The minimum absolute atomic E-state index is 0.0781. The molecule has 0 N–H and O–H groups in total. The molecule has 2 unspecified atom stereocenters. The van der Waals surface area contributed by atoms with Crippen molar-refractivity contribution in [3.8, 4) is 0 Å². The molecule has 0 aromatic rings. The normalized spacial score (nSPS) is 24.1. The van der Waals surface area contributed by atoms with Crippen molar-refractivity contribution < 1.29 is 14.3 Å². The van der Waals surface area contributed by atoms with Crippen LogP contribution < -0.4 is 0 Å². The van der Waals surface area contributed by atoms with Crippen molar-refractivity contribution >= 4 is 5.78 Å². The minimum atomic E-state index is 0.0781. The average molecular weight is 200 g/mol. The fourth-order valence-electron chi connectivity index (χ4n) is 1.31. The zero-order valence-corrected chi connectivity index (χ0v) is 9.29. The maximum Gasteiger partial charge on any atom is 0.163 e. The maximum atomic E-state index is 11.6. The molecule has 1 fully saturated rings. The smallest absolute Gasteiger partial charge is 0.163 e. The Bertz CT molecular complexity index is 183. The molecule has 3 heteroatoms. The largest absolute Gasteiger partial charge is 0.381 e. The van der Waals surface area contributed by atoms with E-state index >= 15 is 0 Å². The standard InChI is InChI=1S/C11H20O3/c1-8(2)9(3)14-7-11(12)10-4-5-13-6-10/h8-10H,4-7H2,1-3H3. The van der Waals surface area contributed by atoms with Crippen LogP contribution in [0, 0.1) is 11.8 Å². The van der Waals surface area contributed by atoms with E-state index in [2.05, 4.69) is 13.8 Å². The number of rotatable bonds is 5. The van der Waals surface area contributed by atoms with E-state index in [-0.39, 0.29) is 24.4 Å². The summed E-state index contributed by atoms with van der Waals surface area (Å²) < 4.78 is 10.6.